The van der Waals surface area contributed by atoms with Crippen molar-refractivity contribution in [2.45, 2.75) is 138 Å². The van der Waals surface area contributed by atoms with Crippen LogP contribution in [-0.2, 0) is 9.57 Å². The van der Waals surface area contributed by atoms with Crippen LogP contribution >= 0.6 is 0 Å². The van der Waals surface area contributed by atoms with Crippen LogP contribution in [0.4, 0.5) is 4.79 Å². The van der Waals surface area contributed by atoms with Crippen LogP contribution < -0.4 is 10.8 Å². The summed E-state index contributed by atoms with van der Waals surface area (Å²) in [5.41, 5.74) is 5.14. The van der Waals surface area contributed by atoms with Crippen molar-refractivity contribution < 1.29 is 19.5 Å². The lowest BCUT2D eigenvalue weighted by Gasteiger charge is -2.73. The first-order valence-corrected chi connectivity index (χ1v) is 17.6. The molecule has 0 unspecified atom stereocenters. The summed E-state index contributed by atoms with van der Waals surface area (Å²) in [5, 5.41) is 13.9. The van der Waals surface area contributed by atoms with Crippen molar-refractivity contribution >= 4 is 6.09 Å². The lowest BCUT2D eigenvalue weighted by Crippen LogP contribution is -2.66. The quantitative estimate of drug-likeness (QED) is 0.157. The summed E-state index contributed by atoms with van der Waals surface area (Å²) in [6.07, 6.45) is 11.7. The second-order valence-corrected chi connectivity index (χ2v) is 18.0. The number of alkyl carbamates (subject to hydrolysis) is 1. The van der Waals surface area contributed by atoms with Gasteiger partial charge in [-0.05, 0) is 149 Å². The molecule has 6 heteroatoms. The molecule has 0 aromatic carbocycles. The van der Waals surface area contributed by atoms with E-state index >= 15 is 0 Å². The zero-order valence-electron chi connectivity index (χ0n) is 29.0. The molecule has 0 aliphatic heterocycles. The van der Waals surface area contributed by atoms with Crippen LogP contribution in [0.3, 0.4) is 0 Å². The third kappa shape index (κ3) is 5.41. The predicted molar refractivity (Wildman–Crippen MR) is 173 cm³/mol. The Morgan fingerprint density at radius 2 is 1.60 bits per heavy atom. The standard InChI is InChI=1S/C37H64N2O4/c1-24(2)25-13-18-37(23-42-39-22-21-38-31(41)43-32(3,4)5)20-19-35(9)26(30(25)37)11-12-28-34(8)16-15-29(40)33(6,7)27(34)14-17-36(28,35)10/h25-30,39-40H,1,11-23H2,2-10H3,(H,38,41)/t25-,26+,27-,28+,29-,30+,34-,35+,36+,37+/m0/s1. The lowest BCUT2D eigenvalue weighted by atomic mass is 9.32. The number of allylic oxidation sites excluding steroid dienone is 1. The smallest absolute Gasteiger partial charge is 0.407 e. The van der Waals surface area contributed by atoms with Crippen LogP contribution in [0.25, 0.3) is 0 Å². The molecule has 0 aromatic heterocycles. The normalized spacial score (nSPS) is 45.3. The number of amides is 1. The van der Waals surface area contributed by atoms with Gasteiger partial charge in [0.15, 0.2) is 0 Å². The Morgan fingerprint density at radius 3 is 2.28 bits per heavy atom. The Labute approximate surface area is 262 Å². The van der Waals surface area contributed by atoms with E-state index in [1.54, 1.807) is 0 Å². The van der Waals surface area contributed by atoms with Crippen molar-refractivity contribution in [2.75, 3.05) is 19.7 Å². The van der Waals surface area contributed by atoms with E-state index in [0.717, 1.165) is 18.9 Å². The molecule has 0 bridgehead atoms. The first-order chi connectivity index (χ1) is 19.9. The van der Waals surface area contributed by atoms with Gasteiger partial charge >= 0.3 is 6.09 Å². The Kier molecular flexibility index (Phi) is 8.74. The van der Waals surface area contributed by atoms with E-state index in [9.17, 15) is 9.90 Å². The van der Waals surface area contributed by atoms with Crippen molar-refractivity contribution in [3.63, 3.8) is 0 Å². The summed E-state index contributed by atoms with van der Waals surface area (Å²) in [4.78, 5) is 18.3. The van der Waals surface area contributed by atoms with E-state index in [-0.39, 0.29) is 23.0 Å². The van der Waals surface area contributed by atoms with Gasteiger partial charge in [0, 0.05) is 13.1 Å². The van der Waals surface area contributed by atoms with Crippen LogP contribution in [0.1, 0.15) is 127 Å². The molecule has 246 valence electrons. The number of fused-ring (bicyclic) bond motifs is 7. The maximum Gasteiger partial charge on any atom is 0.407 e. The van der Waals surface area contributed by atoms with E-state index in [1.165, 1.54) is 63.4 Å². The highest BCUT2D eigenvalue weighted by Crippen LogP contribution is 2.77. The van der Waals surface area contributed by atoms with Gasteiger partial charge in [-0.3, -0.25) is 0 Å². The van der Waals surface area contributed by atoms with Crippen molar-refractivity contribution in [2.24, 2.45) is 56.7 Å². The monoisotopic (exact) mass is 600 g/mol. The Hall–Kier alpha value is -1.11. The molecule has 1 amide bonds. The van der Waals surface area contributed by atoms with E-state index < -0.39 is 5.60 Å². The molecular formula is C37H64N2O4. The Balaban J connectivity index is 1.31. The van der Waals surface area contributed by atoms with Gasteiger partial charge in [-0.2, -0.15) is 0 Å². The molecule has 10 atom stereocenters. The molecule has 5 aliphatic carbocycles. The van der Waals surface area contributed by atoms with Gasteiger partial charge in [0.1, 0.15) is 5.60 Å². The van der Waals surface area contributed by atoms with E-state index in [2.05, 4.69) is 58.9 Å². The molecular weight excluding hydrogens is 536 g/mol. The summed E-state index contributed by atoms with van der Waals surface area (Å²) >= 11 is 0. The number of nitrogens with one attached hydrogen (secondary N) is 2. The Morgan fingerprint density at radius 1 is 0.884 bits per heavy atom. The molecule has 3 N–H and O–H groups in total. The second-order valence-electron chi connectivity index (χ2n) is 18.0. The topological polar surface area (TPSA) is 79.8 Å². The fourth-order valence-corrected chi connectivity index (χ4v) is 12.3. The molecule has 0 radical (unpaired) electrons. The number of aliphatic hydroxyl groups is 1. The van der Waals surface area contributed by atoms with Crippen molar-refractivity contribution in [1.82, 2.24) is 10.8 Å². The molecule has 6 nitrogen and oxygen atoms in total. The molecule has 43 heavy (non-hydrogen) atoms. The molecule has 5 rings (SSSR count). The number of aliphatic hydroxyl groups excluding tert-OH is 1. The fraction of sp³-hybridized carbons (Fsp3) is 0.919. The van der Waals surface area contributed by atoms with Crippen LogP contribution in [0.5, 0.6) is 0 Å². The largest absolute Gasteiger partial charge is 0.444 e. The predicted octanol–water partition coefficient (Wildman–Crippen LogP) is 8.05. The zero-order chi connectivity index (χ0) is 31.6. The average Bonchev–Trinajstić information content (AvgIpc) is 3.28. The number of hydroxylamine groups is 1. The summed E-state index contributed by atoms with van der Waals surface area (Å²) in [6, 6.07) is 0. The van der Waals surface area contributed by atoms with Gasteiger partial charge in [0.2, 0.25) is 0 Å². The van der Waals surface area contributed by atoms with Crippen molar-refractivity contribution in [3.05, 3.63) is 12.2 Å². The van der Waals surface area contributed by atoms with E-state index in [4.69, 9.17) is 9.57 Å². The minimum Gasteiger partial charge on any atom is -0.444 e. The van der Waals surface area contributed by atoms with Gasteiger partial charge in [-0.15, -0.1) is 0 Å². The van der Waals surface area contributed by atoms with Crippen LogP contribution in [0.2, 0.25) is 0 Å². The zero-order valence-corrected chi connectivity index (χ0v) is 29.0. The number of carbonyl (C=O) groups is 1. The maximum atomic E-state index is 12.0. The number of hydrogen-bond acceptors (Lipinski definition) is 5. The minimum absolute atomic E-state index is 0.00291. The maximum absolute atomic E-state index is 12.0. The first-order valence-electron chi connectivity index (χ1n) is 17.6. The number of rotatable bonds is 7. The first kappa shape index (κ1) is 33.3. The van der Waals surface area contributed by atoms with E-state index in [0.29, 0.717) is 53.0 Å². The highest BCUT2D eigenvalue weighted by molar-refractivity contribution is 5.67. The third-order valence-electron chi connectivity index (χ3n) is 14.6. The summed E-state index contributed by atoms with van der Waals surface area (Å²) < 4.78 is 5.35. The number of ether oxygens (including phenoxy) is 1. The molecule has 0 heterocycles. The van der Waals surface area contributed by atoms with Crippen LogP contribution in [-0.4, -0.2) is 42.6 Å². The molecule has 5 fully saturated rings. The van der Waals surface area contributed by atoms with Gasteiger partial charge < -0.3 is 20.0 Å². The van der Waals surface area contributed by atoms with E-state index in [1.807, 2.05) is 20.8 Å². The lowest BCUT2D eigenvalue weighted by molar-refractivity contribution is -0.251. The van der Waals surface area contributed by atoms with Gasteiger partial charge in [-0.1, -0.05) is 46.8 Å². The summed E-state index contributed by atoms with van der Waals surface area (Å²) in [5.74, 6) is 3.19. The Bertz CT molecular complexity index is 1070. The van der Waals surface area contributed by atoms with Gasteiger partial charge in [0.05, 0.1) is 12.7 Å². The minimum atomic E-state index is -0.497. The third-order valence-corrected chi connectivity index (χ3v) is 14.6. The number of hydrogen-bond donors (Lipinski definition) is 3. The average molecular weight is 601 g/mol. The highest BCUT2D eigenvalue weighted by atomic mass is 16.6. The van der Waals surface area contributed by atoms with Gasteiger partial charge in [-0.25, -0.2) is 10.3 Å². The van der Waals surface area contributed by atoms with Crippen molar-refractivity contribution in [3.8, 4) is 0 Å². The highest BCUT2D eigenvalue weighted by Gasteiger charge is 2.70. The fourth-order valence-electron chi connectivity index (χ4n) is 12.3. The summed E-state index contributed by atoms with van der Waals surface area (Å²) in [7, 11) is 0. The molecule has 0 aromatic rings. The second kappa shape index (κ2) is 11.3. The van der Waals surface area contributed by atoms with Gasteiger partial charge in [0.25, 0.3) is 0 Å². The van der Waals surface area contributed by atoms with Crippen molar-refractivity contribution in [1.29, 1.82) is 0 Å². The number of carbonyl (C=O) groups excluding carboxylic acids is 1. The SMILES string of the molecule is C=C(C)[C@@H]1CC[C@]2(CONCCNC(=O)OC(C)(C)C)CC[C@]3(C)[C@H](CC[C@@H]4[C@@]5(C)CC[C@H](O)C(C)(C)[C@@H]5CC[C@]43C)[C@@H]12. The van der Waals surface area contributed by atoms with Crippen LogP contribution in [0, 0.1) is 56.7 Å². The molecule has 0 saturated heterocycles. The molecule has 0 spiro atoms. The summed E-state index contributed by atoms with van der Waals surface area (Å²) in [6.45, 7) is 26.9. The molecule has 5 saturated carbocycles. The molecule has 5 aliphatic rings. The van der Waals surface area contributed by atoms with Crippen LogP contribution in [0.15, 0.2) is 12.2 Å².